The van der Waals surface area contributed by atoms with Gasteiger partial charge in [0, 0.05) is 44.0 Å². The average Bonchev–Trinajstić information content (AvgIpc) is 2.77. The molecule has 0 unspecified atom stereocenters. The molecule has 2 heterocycles. The number of hydrogen-bond donors (Lipinski definition) is 0. The molecule has 0 radical (unpaired) electrons. The first-order chi connectivity index (χ1) is 15.1. The molecule has 2 amide bonds. The van der Waals surface area contributed by atoms with Crippen LogP contribution in [-0.2, 0) is 6.18 Å². The first-order valence-corrected chi connectivity index (χ1v) is 10.0. The molecule has 4 rings (SSSR count). The molecule has 0 fully saturated rings. The van der Waals surface area contributed by atoms with Gasteiger partial charge in [-0.05, 0) is 35.9 Å². The predicted octanol–water partition coefficient (Wildman–Crippen LogP) is 5.29. The molecule has 8 heteroatoms. The first-order valence-electron chi connectivity index (χ1n) is 10.0. The van der Waals surface area contributed by atoms with Gasteiger partial charge in [0.1, 0.15) is 0 Å². The second kappa shape index (κ2) is 7.75. The van der Waals surface area contributed by atoms with Crippen LogP contribution < -0.4 is 4.90 Å². The zero-order valence-electron chi connectivity index (χ0n) is 17.6. The molecule has 0 saturated heterocycles. The van der Waals surface area contributed by atoms with Crippen LogP contribution >= 0.6 is 0 Å². The van der Waals surface area contributed by atoms with Crippen molar-refractivity contribution in [2.75, 3.05) is 25.5 Å². The minimum absolute atomic E-state index is 0.166. The molecule has 1 atom stereocenters. The van der Waals surface area contributed by atoms with E-state index < -0.39 is 23.8 Å². The quantitative estimate of drug-likeness (QED) is 0.640. The van der Waals surface area contributed by atoms with Crippen LogP contribution in [0.15, 0.2) is 72.1 Å². The van der Waals surface area contributed by atoms with E-state index >= 15 is 0 Å². The molecule has 32 heavy (non-hydrogen) atoms. The van der Waals surface area contributed by atoms with Gasteiger partial charge in [-0.15, -0.1) is 0 Å². The fourth-order valence-electron chi connectivity index (χ4n) is 4.26. The van der Waals surface area contributed by atoms with E-state index in [1.807, 2.05) is 11.9 Å². The Bertz CT molecular complexity index is 1160. The normalized spacial score (nSPS) is 19.2. The second-order valence-corrected chi connectivity index (χ2v) is 7.89. The van der Waals surface area contributed by atoms with Gasteiger partial charge in [-0.1, -0.05) is 24.8 Å². The van der Waals surface area contributed by atoms with Crippen molar-refractivity contribution < 1.29 is 18.0 Å². The van der Waals surface area contributed by atoms with Crippen molar-refractivity contribution in [2.45, 2.75) is 18.6 Å². The Morgan fingerprint density at radius 2 is 1.81 bits per heavy atom. The molecule has 0 aliphatic carbocycles. The number of benzene rings is 2. The van der Waals surface area contributed by atoms with Crippen LogP contribution in [0.4, 0.5) is 23.7 Å². The van der Waals surface area contributed by atoms with E-state index in [1.54, 1.807) is 31.3 Å². The van der Waals surface area contributed by atoms with Crippen LogP contribution in [0.3, 0.4) is 0 Å². The van der Waals surface area contributed by atoms with E-state index in [0.29, 0.717) is 29.9 Å². The molecule has 0 spiro atoms. The van der Waals surface area contributed by atoms with Crippen LogP contribution in [0, 0.1) is 11.3 Å². The lowest BCUT2D eigenvalue weighted by Crippen LogP contribution is -2.51. The van der Waals surface area contributed by atoms with Gasteiger partial charge in [0.05, 0.1) is 28.9 Å². The Kier molecular flexibility index (Phi) is 5.21. The number of hydrogen-bond acceptors (Lipinski definition) is 3. The molecule has 5 nitrogen and oxygen atoms in total. The highest BCUT2D eigenvalue weighted by Crippen LogP contribution is 2.45. The van der Waals surface area contributed by atoms with E-state index in [9.17, 15) is 18.0 Å². The van der Waals surface area contributed by atoms with Crippen molar-refractivity contribution in [3.8, 4) is 6.07 Å². The number of carbonyl (C=O) groups is 1. The summed E-state index contributed by atoms with van der Waals surface area (Å²) in [5, 5.41) is 9.11. The number of carbonyl (C=O) groups excluding carboxylic acids is 1. The standard InChI is InChI=1S/C24H21F3N4O/c1-15-21-20(11-12-29(15)2)31(19-6-4-5-18(13-19)24(25,26)27)23(32)30(3)22(21)17-9-7-16(14-28)8-10-17/h4-10,13,22H,1,11-12H2,2-3H3/t22-/m1/s1. The molecule has 2 aromatic carbocycles. The molecule has 0 saturated carbocycles. The number of rotatable bonds is 2. The Balaban J connectivity index is 1.90. The third kappa shape index (κ3) is 3.50. The van der Waals surface area contributed by atoms with Gasteiger partial charge in [0.25, 0.3) is 0 Å². The molecule has 0 bridgehead atoms. The van der Waals surface area contributed by atoms with Gasteiger partial charge in [-0.2, -0.15) is 18.4 Å². The number of amides is 2. The number of nitrogens with zero attached hydrogens (tertiary/aromatic N) is 4. The average molecular weight is 438 g/mol. The lowest BCUT2D eigenvalue weighted by molar-refractivity contribution is -0.137. The highest BCUT2D eigenvalue weighted by atomic mass is 19.4. The van der Waals surface area contributed by atoms with E-state index in [4.69, 9.17) is 5.26 Å². The largest absolute Gasteiger partial charge is 0.416 e. The molecular formula is C24H21F3N4O. The van der Waals surface area contributed by atoms with Gasteiger partial charge < -0.3 is 9.80 Å². The number of anilines is 1. The lowest BCUT2D eigenvalue weighted by Gasteiger charge is -2.47. The van der Waals surface area contributed by atoms with Crippen LogP contribution in [0.5, 0.6) is 0 Å². The van der Waals surface area contributed by atoms with Gasteiger partial charge in [0.15, 0.2) is 0 Å². The number of likely N-dealkylation sites (N-methyl/N-ethyl adjacent to an activating group) is 2. The van der Waals surface area contributed by atoms with Crippen molar-refractivity contribution >= 4 is 11.7 Å². The van der Waals surface area contributed by atoms with Crippen molar-refractivity contribution in [2.24, 2.45) is 0 Å². The molecular weight excluding hydrogens is 417 g/mol. The highest BCUT2D eigenvalue weighted by Gasteiger charge is 2.42. The predicted molar refractivity (Wildman–Crippen MR) is 114 cm³/mol. The van der Waals surface area contributed by atoms with E-state index in [-0.39, 0.29) is 5.69 Å². The number of alkyl halides is 3. The van der Waals surface area contributed by atoms with E-state index in [1.165, 1.54) is 21.9 Å². The summed E-state index contributed by atoms with van der Waals surface area (Å²) in [4.78, 5) is 18.3. The third-order valence-corrected chi connectivity index (χ3v) is 5.98. The highest BCUT2D eigenvalue weighted by molar-refractivity contribution is 5.98. The van der Waals surface area contributed by atoms with Crippen LogP contribution in [0.25, 0.3) is 0 Å². The lowest BCUT2D eigenvalue weighted by atomic mass is 9.87. The maximum absolute atomic E-state index is 13.5. The third-order valence-electron chi connectivity index (χ3n) is 5.98. The Hall–Kier alpha value is -3.73. The molecule has 2 aliphatic heterocycles. The van der Waals surface area contributed by atoms with Crippen molar-refractivity contribution in [3.05, 3.63) is 88.8 Å². The Labute approximate surface area is 184 Å². The van der Waals surface area contributed by atoms with Gasteiger partial charge in [-0.25, -0.2) is 4.79 Å². The summed E-state index contributed by atoms with van der Waals surface area (Å²) < 4.78 is 40.0. The topological polar surface area (TPSA) is 50.6 Å². The van der Waals surface area contributed by atoms with Gasteiger partial charge >= 0.3 is 12.2 Å². The first kappa shape index (κ1) is 21.5. The number of urea groups is 1. The van der Waals surface area contributed by atoms with Crippen LogP contribution in [0.1, 0.15) is 29.2 Å². The minimum atomic E-state index is -4.51. The molecule has 0 aromatic heterocycles. The fraction of sp³-hybridized carbons (Fsp3) is 0.250. The molecule has 164 valence electrons. The van der Waals surface area contributed by atoms with Gasteiger partial charge in [-0.3, -0.25) is 4.90 Å². The van der Waals surface area contributed by atoms with E-state index in [0.717, 1.165) is 23.3 Å². The van der Waals surface area contributed by atoms with Crippen LogP contribution in [-0.4, -0.2) is 36.5 Å². The monoisotopic (exact) mass is 438 g/mol. The maximum Gasteiger partial charge on any atom is 0.416 e. The minimum Gasteiger partial charge on any atom is -0.374 e. The zero-order valence-corrected chi connectivity index (χ0v) is 17.6. The maximum atomic E-state index is 13.5. The molecule has 0 N–H and O–H groups in total. The van der Waals surface area contributed by atoms with Crippen molar-refractivity contribution in [1.82, 2.24) is 9.80 Å². The summed E-state index contributed by atoms with van der Waals surface area (Å²) in [6.07, 6.45) is -4.03. The summed E-state index contributed by atoms with van der Waals surface area (Å²) in [7, 11) is 3.52. The second-order valence-electron chi connectivity index (χ2n) is 7.89. The van der Waals surface area contributed by atoms with Crippen molar-refractivity contribution in [1.29, 1.82) is 5.26 Å². The number of halogens is 3. The summed E-state index contributed by atoms with van der Waals surface area (Å²) in [6.45, 7) is 4.79. The van der Waals surface area contributed by atoms with Crippen molar-refractivity contribution in [3.63, 3.8) is 0 Å². The fourth-order valence-corrected chi connectivity index (χ4v) is 4.26. The summed E-state index contributed by atoms with van der Waals surface area (Å²) >= 11 is 0. The summed E-state index contributed by atoms with van der Waals surface area (Å²) in [6, 6.07) is 12.9. The Morgan fingerprint density at radius 3 is 2.44 bits per heavy atom. The van der Waals surface area contributed by atoms with Crippen LogP contribution in [0.2, 0.25) is 0 Å². The zero-order chi connectivity index (χ0) is 23.2. The smallest absolute Gasteiger partial charge is 0.374 e. The van der Waals surface area contributed by atoms with Gasteiger partial charge in [0.2, 0.25) is 0 Å². The SMILES string of the molecule is C=C1C2=C(CCN1C)N(c1cccc(C(F)(F)F)c1)C(=O)N(C)[C@@H]2c1ccc(C#N)cc1. The van der Waals surface area contributed by atoms with E-state index in [2.05, 4.69) is 12.6 Å². The number of nitriles is 1. The summed E-state index contributed by atoms with van der Waals surface area (Å²) in [5.74, 6) is 0. The molecule has 2 aromatic rings. The summed E-state index contributed by atoms with van der Waals surface area (Å²) in [5.41, 5.74) is 2.78. The Morgan fingerprint density at radius 1 is 1.12 bits per heavy atom. The molecule has 2 aliphatic rings.